The molecule has 2 aliphatic rings. The monoisotopic (exact) mass is 393 g/mol. The summed E-state index contributed by atoms with van der Waals surface area (Å²) in [6, 6.07) is 9.98. The number of para-hydroxylation sites is 1. The summed E-state index contributed by atoms with van der Waals surface area (Å²) in [7, 11) is 0. The predicted molar refractivity (Wildman–Crippen MR) is 110 cm³/mol. The van der Waals surface area contributed by atoms with Gasteiger partial charge in [-0.3, -0.25) is 4.79 Å². The van der Waals surface area contributed by atoms with Gasteiger partial charge >= 0.3 is 0 Å². The highest BCUT2D eigenvalue weighted by Gasteiger charge is 2.38. The topological polar surface area (TPSA) is 63.1 Å². The smallest absolute Gasteiger partial charge is 0.273 e. The fourth-order valence-corrected chi connectivity index (χ4v) is 5.00. The number of benzene rings is 1. The van der Waals surface area contributed by atoms with E-state index < -0.39 is 0 Å². The van der Waals surface area contributed by atoms with Crippen molar-refractivity contribution >= 4 is 17.2 Å². The minimum absolute atomic E-state index is 0.0544. The molecule has 1 N–H and O–H groups in total. The lowest BCUT2D eigenvalue weighted by Crippen LogP contribution is -2.44. The molecule has 0 saturated carbocycles. The van der Waals surface area contributed by atoms with Gasteiger partial charge < -0.3 is 10.2 Å². The predicted octanol–water partition coefficient (Wildman–Crippen LogP) is 3.21. The van der Waals surface area contributed by atoms with Crippen LogP contribution in [0.3, 0.4) is 0 Å². The third-order valence-corrected chi connectivity index (χ3v) is 6.91. The summed E-state index contributed by atoms with van der Waals surface area (Å²) >= 11 is 1.50. The van der Waals surface area contributed by atoms with E-state index >= 15 is 0 Å². The number of likely N-dealkylation sites (tertiary alicyclic amines) is 1. The van der Waals surface area contributed by atoms with E-state index in [1.807, 2.05) is 51.5 Å². The Labute approximate surface area is 168 Å². The minimum Gasteiger partial charge on any atom is -0.337 e. The fraction of sp³-hybridized carbons (Fsp3) is 0.381. The van der Waals surface area contributed by atoms with Crippen LogP contribution in [0.4, 0.5) is 0 Å². The maximum Gasteiger partial charge on any atom is 0.273 e. The number of aromatic nitrogens is 3. The summed E-state index contributed by atoms with van der Waals surface area (Å²) in [5.74, 6) is 0.0544. The Balaban J connectivity index is 1.29. The zero-order valence-electron chi connectivity index (χ0n) is 15.7. The maximum absolute atomic E-state index is 12.9. The molecule has 1 spiro atoms. The van der Waals surface area contributed by atoms with Crippen LogP contribution in [0, 0.1) is 5.41 Å². The number of hydrogen-bond acceptors (Lipinski definition) is 5. The summed E-state index contributed by atoms with van der Waals surface area (Å²) in [5.41, 5.74) is 2.90. The van der Waals surface area contributed by atoms with Gasteiger partial charge in [0.1, 0.15) is 10.7 Å². The Morgan fingerprint density at radius 2 is 1.96 bits per heavy atom. The van der Waals surface area contributed by atoms with E-state index in [1.165, 1.54) is 17.8 Å². The third kappa shape index (κ3) is 3.25. The van der Waals surface area contributed by atoms with E-state index in [9.17, 15) is 4.79 Å². The summed E-state index contributed by atoms with van der Waals surface area (Å²) in [6.07, 6.45) is 7.18. The van der Waals surface area contributed by atoms with Crippen LogP contribution >= 0.6 is 11.3 Å². The fourth-order valence-electron chi connectivity index (χ4n) is 4.23. The van der Waals surface area contributed by atoms with Crippen LogP contribution in [0.1, 0.15) is 29.8 Å². The molecule has 0 radical (unpaired) electrons. The first-order valence-corrected chi connectivity index (χ1v) is 10.7. The second-order valence-electron chi connectivity index (χ2n) is 7.77. The van der Waals surface area contributed by atoms with Gasteiger partial charge in [-0.1, -0.05) is 18.2 Å². The first kappa shape index (κ1) is 17.6. The van der Waals surface area contributed by atoms with Crippen LogP contribution in [0.15, 0.2) is 48.1 Å². The van der Waals surface area contributed by atoms with E-state index in [-0.39, 0.29) is 5.91 Å². The van der Waals surface area contributed by atoms with Crippen molar-refractivity contribution in [1.82, 2.24) is 25.0 Å². The Morgan fingerprint density at radius 1 is 1.14 bits per heavy atom. The molecule has 144 valence electrons. The van der Waals surface area contributed by atoms with Crippen LogP contribution in [0.25, 0.3) is 16.3 Å². The van der Waals surface area contributed by atoms with Gasteiger partial charge in [0.05, 0.1) is 11.9 Å². The van der Waals surface area contributed by atoms with Crippen molar-refractivity contribution in [2.75, 3.05) is 26.2 Å². The van der Waals surface area contributed by atoms with Crippen LogP contribution in [0.2, 0.25) is 0 Å². The van der Waals surface area contributed by atoms with Gasteiger partial charge in [0.2, 0.25) is 0 Å². The number of piperidine rings is 1. The second-order valence-corrected chi connectivity index (χ2v) is 8.62. The highest BCUT2D eigenvalue weighted by atomic mass is 32.1. The molecule has 1 aromatic carbocycles. The lowest BCUT2D eigenvalue weighted by molar-refractivity contribution is 0.0603. The number of carbonyl (C=O) groups excluding carboxylic acids is 1. The van der Waals surface area contributed by atoms with Gasteiger partial charge in [-0.15, -0.1) is 11.3 Å². The van der Waals surface area contributed by atoms with Gasteiger partial charge in [-0.25, -0.2) is 9.67 Å². The van der Waals surface area contributed by atoms with Gasteiger partial charge in [0.25, 0.3) is 5.91 Å². The average Bonchev–Trinajstić information content (AvgIpc) is 3.49. The van der Waals surface area contributed by atoms with E-state index in [1.54, 1.807) is 6.20 Å². The number of hydrogen-bond donors (Lipinski definition) is 1. The molecule has 1 amide bonds. The van der Waals surface area contributed by atoms with Crippen molar-refractivity contribution < 1.29 is 4.79 Å². The van der Waals surface area contributed by atoms with Gasteiger partial charge in [-0.05, 0) is 43.4 Å². The molecule has 2 saturated heterocycles. The molecule has 2 aromatic heterocycles. The first-order chi connectivity index (χ1) is 13.7. The Hall–Kier alpha value is -2.51. The van der Waals surface area contributed by atoms with Gasteiger partial charge in [-0.2, -0.15) is 5.10 Å². The zero-order valence-corrected chi connectivity index (χ0v) is 16.5. The molecular weight excluding hydrogens is 370 g/mol. The van der Waals surface area contributed by atoms with Crippen molar-refractivity contribution in [1.29, 1.82) is 0 Å². The summed E-state index contributed by atoms with van der Waals surface area (Å²) in [6.45, 7) is 3.87. The highest BCUT2D eigenvalue weighted by Crippen LogP contribution is 2.37. The lowest BCUT2D eigenvalue weighted by Gasteiger charge is -2.38. The largest absolute Gasteiger partial charge is 0.337 e. The van der Waals surface area contributed by atoms with Crippen LogP contribution < -0.4 is 5.32 Å². The van der Waals surface area contributed by atoms with Crippen molar-refractivity contribution in [3.8, 4) is 16.3 Å². The molecule has 7 heteroatoms. The first-order valence-electron chi connectivity index (χ1n) is 9.79. The molecule has 6 nitrogen and oxygen atoms in total. The van der Waals surface area contributed by atoms with Crippen molar-refractivity contribution in [3.05, 3.63) is 53.8 Å². The van der Waals surface area contributed by atoms with E-state index in [0.29, 0.717) is 11.1 Å². The molecule has 5 rings (SSSR count). The zero-order chi connectivity index (χ0) is 19.0. The number of thiazole rings is 1. The van der Waals surface area contributed by atoms with Crippen molar-refractivity contribution in [2.24, 2.45) is 5.41 Å². The number of nitrogens with one attached hydrogen (secondary N) is 1. The Morgan fingerprint density at radius 3 is 2.71 bits per heavy atom. The molecule has 0 unspecified atom stereocenters. The van der Waals surface area contributed by atoms with Crippen LogP contribution in [-0.2, 0) is 0 Å². The Bertz CT molecular complexity index is 964. The Kier molecular flexibility index (Phi) is 4.49. The number of nitrogens with zero attached hydrogens (tertiary/aromatic N) is 4. The van der Waals surface area contributed by atoms with Crippen molar-refractivity contribution in [2.45, 2.75) is 19.3 Å². The normalized spacial score (nSPS) is 18.6. The second kappa shape index (κ2) is 7.14. The summed E-state index contributed by atoms with van der Waals surface area (Å²) < 4.78 is 1.83. The van der Waals surface area contributed by atoms with Gasteiger partial charge in [0.15, 0.2) is 0 Å². The third-order valence-electron chi connectivity index (χ3n) is 6.02. The molecule has 0 bridgehead atoms. The lowest BCUT2D eigenvalue weighted by atomic mass is 9.78. The quantitative estimate of drug-likeness (QED) is 0.742. The van der Waals surface area contributed by atoms with Crippen molar-refractivity contribution in [3.63, 3.8) is 0 Å². The molecule has 0 atom stereocenters. The summed E-state index contributed by atoms with van der Waals surface area (Å²) in [4.78, 5) is 19.5. The standard InChI is InChI=1S/C21H23N5OS/c27-20(25-10-7-21(8-11-25)6-9-22-15-21)18-14-28-19(24-18)16-12-23-26(13-16)17-4-2-1-3-5-17/h1-5,12-14,22H,6-11,15H2. The van der Waals surface area contributed by atoms with Gasteiger partial charge in [0, 0.05) is 36.8 Å². The van der Waals surface area contributed by atoms with E-state index in [0.717, 1.165) is 55.3 Å². The van der Waals surface area contributed by atoms with Crippen LogP contribution in [0.5, 0.6) is 0 Å². The molecule has 3 aromatic rings. The van der Waals surface area contributed by atoms with E-state index in [4.69, 9.17) is 0 Å². The molecule has 28 heavy (non-hydrogen) atoms. The maximum atomic E-state index is 12.9. The molecule has 2 aliphatic heterocycles. The van der Waals surface area contributed by atoms with E-state index in [2.05, 4.69) is 15.4 Å². The molecule has 4 heterocycles. The minimum atomic E-state index is 0.0544. The van der Waals surface area contributed by atoms with Crippen LogP contribution in [-0.4, -0.2) is 51.8 Å². The highest BCUT2D eigenvalue weighted by molar-refractivity contribution is 7.13. The number of carbonyl (C=O) groups is 1. The molecule has 2 fully saturated rings. The molecular formula is C21H23N5OS. The summed E-state index contributed by atoms with van der Waals surface area (Å²) in [5, 5.41) is 10.6. The number of rotatable bonds is 3. The SMILES string of the molecule is O=C(c1csc(-c2cnn(-c3ccccc3)c2)n1)N1CCC2(CCNC2)CC1. The average molecular weight is 394 g/mol. The molecule has 0 aliphatic carbocycles. The number of amides is 1.